The number of halogens is 2. The van der Waals surface area contributed by atoms with Crippen molar-refractivity contribution >= 4 is 79.7 Å². The molecule has 0 atom stereocenters. The third-order valence-corrected chi connectivity index (χ3v) is 6.82. The number of esters is 1. The zero-order valence-corrected chi connectivity index (χ0v) is 22.1. The number of nitrogens with one attached hydrogen (secondary N) is 1. The Morgan fingerprint density at radius 2 is 1.97 bits per heavy atom. The van der Waals surface area contributed by atoms with E-state index in [1.165, 1.54) is 14.2 Å². The lowest BCUT2D eigenvalue weighted by molar-refractivity contribution is -0.142. The number of hydrazine groups is 1. The summed E-state index contributed by atoms with van der Waals surface area (Å²) >= 11 is 15.9. The normalized spacial score (nSPS) is 14.4. The van der Waals surface area contributed by atoms with E-state index in [-0.39, 0.29) is 26.4 Å². The van der Waals surface area contributed by atoms with E-state index in [1.807, 2.05) is 6.92 Å². The maximum absolute atomic E-state index is 12.9. The number of thioether (sulfide) groups is 1. The van der Waals surface area contributed by atoms with Gasteiger partial charge in [-0.3, -0.25) is 15.0 Å². The van der Waals surface area contributed by atoms with Crippen LogP contribution in [0.1, 0.15) is 21.5 Å². The van der Waals surface area contributed by atoms with Crippen LogP contribution in [-0.2, 0) is 14.3 Å². The van der Waals surface area contributed by atoms with Crippen LogP contribution in [0, 0.1) is 6.92 Å². The first-order valence-electron chi connectivity index (χ1n) is 9.56. The van der Waals surface area contributed by atoms with E-state index in [0.717, 1.165) is 22.3 Å². The van der Waals surface area contributed by atoms with E-state index < -0.39 is 17.8 Å². The second kappa shape index (κ2) is 11.2. The zero-order valence-electron chi connectivity index (χ0n) is 18.1. The number of ether oxygens (including phenoxy) is 3. The zero-order chi connectivity index (χ0) is 25.0. The number of aryl methyl sites for hydroxylation is 1. The molecule has 34 heavy (non-hydrogen) atoms. The SMILES string of the molecule is COC(=O)COc1cc(Br)c(/C=C2/SC(=S)N(NC(=O)c3ccc(C)cc3Cl)C2=O)cc1OC. The lowest BCUT2D eigenvalue weighted by Crippen LogP contribution is -2.44. The average Bonchev–Trinajstić information content (AvgIpc) is 3.05. The van der Waals surface area contributed by atoms with Crippen LogP contribution in [0.3, 0.4) is 0 Å². The molecule has 178 valence electrons. The number of amides is 2. The largest absolute Gasteiger partial charge is 0.493 e. The van der Waals surface area contributed by atoms with E-state index in [9.17, 15) is 14.4 Å². The monoisotopic (exact) mass is 584 g/mol. The summed E-state index contributed by atoms with van der Waals surface area (Å²) < 4.78 is 16.1. The first kappa shape index (κ1) is 26.0. The summed E-state index contributed by atoms with van der Waals surface area (Å²) in [6, 6.07) is 8.22. The summed E-state index contributed by atoms with van der Waals surface area (Å²) in [6.45, 7) is 1.56. The highest BCUT2D eigenvalue weighted by Gasteiger charge is 2.34. The van der Waals surface area contributed by atoms with E-state index in [1.54, 1.807) is 36.4 Å². The van der Waals surface area contributed by atoms with Crippen LogP contribution in [0.4, 0.5) is 0 Å². The van der Waals surface area contributed by atoms with Gasteiger partial charge in [-0.05, 0) is 60.6 Å². The number of hydrogen-bond donors (Lipinski definition) is 1. The molecule has 0 bridgehead atoms. The molecule has 8 nitrogen and oxygen atoms in total. The van der Waals surface area contributed by atoms with Gasteiger partial charge in [0.15, 0.2) is 22.4 Å². The summed E-state index contributed by atoms with van der Waals surface area (Å²) in [4.78, 5) is 37.2. The molecule has 1 aliphatic rings. The number of hydrogen-bond acceptors (Lipinski definition) is 8. The Morgan fingerprint density at radius 1 is 1.24 bits per heavy atom. The predicted molar refractivity (Wildman–Crippen MR) is 137 cm³/mol. The van der Waals surface area contributed by atoms with Gasteiger partial charge < -0.3 is 14.2 Å². The Balaban J connectivity index is 1.81. The molecule has 0 radical (unpaired) electrons. The van der Waals surface area contributed by atoms with Gasteiger partial charge in [-0.1, -0.05) is 45.4 Å². The van der Waals surface area contributed by atoms with Crippen molar-refractivity contribution in [2.24, 2.45) is 0 Å². The molecular weight excluding hydrogens is 568 g/mol. The second-order valence-electron chi connectivity index (χ2n) is 6.83. The fourth-order valence-corrected chi connectivity index (χ4v) is 4.73. The predicted octanol–water partition coefficient (Wildman–Crippen LogP) is 4.52. The molecule has 2 aromatic carbocycles. The number of rotatable bonds is 7. The Morgan fingerprint density at radius 3 is 2.62 bits per heavy atom. The number of carbonyl (C=O) groups is 3. The summed E-state index contributed by atoms with van der Waals surface area (Å²) in [5, 5.41) is 1.27. The lowest BCUT2D eigenvalue weighted by atomic mass is 10.1. The topological polar surface area (TPSA) is 94.2 Å². The van der Waals surface area contributed by atoms with Gasteiger partial charge in [0.1, 0.15) is 0 Å². The minimum absolute atomic E-state index is 0.161. The Labute approximate surface area is 218 Å². The minimum atomic E-state index is -0.558. The molecule has 0 saturated carbocycles. The second-order valence-corrected chi connectivity index (χ2v) is 9.77. The van der Waals surface area contributed by atoms with Gasteiger partial charge in [-0.15, -0.1) is 0 Å². The Kier molecular flexibility index (Phi) is 8.58. The van der Waals surface area contributed by atoms with Gasteiger partial charge in [-0.25, -0.2) is 4.79 Å². The first-order chi connectivity index (χ1) is 16.1. The standard InChI is InChI=1S/C22H18BrClN2O6S2/c1-11-4-5-13(15(24)6-11)20(28)25-26-21(29)18(34-22(26)33)8-12-7-16(30-2)17(9-14(12)23)32-10-19(27)31-3/h4-9H,10H2,1-3H3,(H,25,28)/b18-8+. The van der Waals surface area contributed by atoms with Crippen molar-refractivity contribution in [2.75, 3.05) is 20.8 Å². The molecule has 0 unspecified atom stereocenters. The van der Waals surface area contributed by atoms with Gasteiger partial charge in [0.2, 0.25) is 0 Å². The van der Waals surface area contributed by atoms with E-state index in [0.29, 0.717) is 21.5 Å². The number of carbonyl (C=O) groups excluding carboxylic acids is 3. The number of nitrogens with zero attached hydrogens (tertiary/aromatic N) is 1. The van der Waals surface area contributed by atoms with Crippen molar-refractivity contribution < 1.29 is 28.6 Å². The average molecular weight is 586 g/mol. The molecule has 1 N–H and O–H groups in total. The van der Waals surface area contributed by atoms with Crippen LogP contribution in [0.2, 0.25) is 5.02 Å². The highest BCUT2D eigenvalue weighted by atomic mass is 79.9. The summed E-state index contributed by atoms with van der Waals surface area (Å²) in [7, 11) is 2.71. The molecule has 2 amide bonds. The van der Waals surface area contributed by atoms with Crippen LogP contribution in [0.25, 0.3) is 6.08 Å². The van der Waals surface area contributed by atoms with Crippen molar-refractivity contribution in [1.29, 1.82) is 0 Å². The van der Waals surface area contributed by atoms with Crippen molar-refractivity contribution in [2.45, 2.75) is 6.92 Å². The van der Waals surface area contributed by atoms with Crippen LogP contribution >= 0.6 is 51.5 Å². The summed E-state index contributed by atoms with van der Waals surface area (Å²) in [5.41, 5.74) is 4.22. The van der Waals surface area contributed by atoms with Crippen LogP contribution in [-0.4, -0.2) is 47.9 Å². The molecule has 0 aromatic heterocycles. The number of methoxy groups -OCH3 is 2. The lowest BCUT2D eigenvalue weighted by Gasteiger charge is -2.16. The maximum Gasteiger partial charge on any atom is 0.343 e. The van der Waals surface area contributed by atoms with Crippen LogP contribution in [0.5, 0.6) is 11.5 Å². The molecule has 1 saturated heterocycles. The number of thiocarbonyl (C=S) groups is 1. The van der Waals surface area contributed by atoms with Crippen LogP contribution in [0.15, 0.2) is 39.7 Å². The van der Waals surface area contributed by atoms with Gasteiger partial charge in [-0.2, -0.15) is 5.01 Å². The molecule has 0 aliphatic carbocycles. The van der Waals surface area contributed by atoms with Crippen LogP contribution < -0.4 is 14.9 Å². The fourth-order valence-electron chi connectivity index (χ4n) is 2.80. The molecule has 0 spiro atoms. The van der Waals surface area contributed by atoms with Crippen molar-refractivity contribution in [3.8, 4) is 11.5 Å². The smallest absolute Gasteiger partial charge is 0.343 e. The van der Waals surface area contributed by atoms with E-state index in [4.69, 9.17) is 33.3 Å². The van der Waals surface area contributed by atoms with Gasteiger partial charge in [0.25, 0.3) is 11.8 Å². The van der Waals surface area contributed by atoms with Crippen molar-refractivity contribution in [3.05, 3.63) is 61.4 Å². The number of benzene rings is 2. The molecule has 3 rings (SSSR count). The molecule has 2 aromatic rings. The molecular formula is C22H18BrClN2O6S2. The molecule has 1 fully saturated rings. The Bertz CT molecular complexity index is 1220. The highest BCUT2D eigenvalue weighted by molar-refractivity contribution is 9.10. The van der Waals surface area contributed by atoms with E-state index in [2.05, 4.69) is 26.1 Å². The Hall–Kier alpha value is -2.60. The van der Waals surface area contributed by atoms with Gasteiger partial charge in [0, 0.05) is 4.47 Å². The fraction of sp³-hybridized carbons (Fsp3) is 0.182. The van der Waals surface area contributed by atoms with Gasteiger partial charge >= 0.3 is 5.97 Å². The minimum Gasteiger partial charge on any atom is -0.493 e. The third-order valence-electron chi connectivity index (χ3n) is 4.52. The van der Waals surface area contributed by atoms with Crippen molar-refractivity contribution in [1.82, 2.24) is 10.4 Å². The summed E-state index contributed by atoms with van der Waals surface area (Å²) in [5.74, 6) is -0.941. The van der Waals surface area contributed by atoms with E-state index >= 15 is 0 Å². The van der Waals surface area contributed by atoms with Gasteiger partial charge in [0.05, 0.1) is 29.7 Å². The quantitative estimate of drug-likeness (QED) is 0.288. The van der Waals surface area contributed by atoms with Crippen molar-refractivity contribution in [3.63, 3.8) is 0 Å². The maximum atomic E-state index is 12.9. The summed E-state index contributed by atoms with van der Waals surface area (Å²) in [6.07, 6.45) is 1.60. The first-order valence-corrected chi connectivity index (χ1v) is 12.0. The molecule has 1 heterocycles. The molecule has 12 heteroatoms. The highest BCUT2D eigenvalue weighted by Crippen LogP contribution is 2.38. The molecule has 1 aliphatic heterocycles. The third kappa shape index (κ3) is 5.90.